The second kappa shape index (κ2) is 6.20. The molecule has 2 atom stereocenters. The lowest BCUT2D eigenvalue weighted by molar-refractivity contribution is -0.180. The monoisotopic (exact) mass is 366 g/mol. The Balaban J connectivity index is 1.91. The van der Waals surface area contributed by atoms with Crippen LogP contribution in [0.2, 0.25) is 19.6 Å². The highest BCUT2D eigenvalue weighted by atomic mass is 28.3. The van der Waals surface area contributed by atoms with Crippen molar-refractivity contribution in [2.45, 2.75) is 84.1 Å². The van der Waals surface area contributed by atoms with Gasteiger partial charge in [-0.3, -0.25) is 0 Å². The van der Waals surface area contributed by atoms with Gasteiger partial charge in [-0.25, -0.2) is 0 Å². The van der Waals surface area contributed by atoms with Crippen LogP contribution in [-0.2, 0) is 18.8 Å². The Hall–Kier alpha value is -0.138. The molecule has 3 aliphatic rings. The van der Waals surface area contributed by atoms with Crippen molar-refractivity contribution in [3.63, 3.8) is 0 Å². The van der Waals surface area contributed by atoms with Gasteiger partial charge in [0.15, 0.2) is 5.79 Å². The second-order valence-electron chi connectivity index (χ2n) is 10.0. The summed E-state index contributed by atoms with van der Waals surface area (Å²) in [7, 11) is -1.70. The van der Waals surface area contributed by atoms with Gasteiger partial charge in [-0.15, -0.1) is 0 Å². The van der Waals surface area contributed by atoms with E-state index in [-0.39, 0.29) is 18.3 Å². The van der Waals surface area contributed by atoms with Crippen LogP contribution in [0.5, 0.6) is 0 Å². The highest BCUT2D eigenvalue weighted by Crippen LogP contribution is 2.51. The van der Waals surface area contributed by atoms with Crippen LogP contribution in [-0.4, -0.2) is 45.4 Å². The molecule has 1 saturated carbocycles. The highest BCUT2D eigenvalue weighted by Gasteiger charge is 2.57. The predicted octanol–water partition coefficient (Wildman–Crippen LogP) is 4.21. The van der Waals surface area contributed by atoms with Crippen molar-refractivity contribution in [1.82, 2.24) is 0 Å². The molecule has 2 saturated heterocycles. The summed E-state index contributed by atoms with van der Waals surface area (Å²) in [6.45, 7) is 19.3. The Bertz CT molecular complexity index is 530. The molecule has 142 valence electrons. The van der Waals surface area contributed by atoms with E-state index in [1.54, 1.807) is 0 Å². The molecular weight excluding hydrogens is 331 g/mol. The molecule has 0 amide bonds. The third-order valence-electron chi connectivity index (χ3n) is 6.43. The number of hydrogen-bond donors (Lipinski definition) is 0. The molecule has 6 heteroatoms. The van der Waals surface area contributed by atoms with Gasteiger partial charge in [0.25, 0.3) is 0 Å². The summed E-state index contributed by atoms with van der Waals surface area (Å²) in [5, 5.41) is 0. The fourth-order valence-electron chi connectivity index (χ4n) is 4.30. The molecule has 2 aliphatic heterocycles. The molecule has 4 nitrogen and oxygen atoms in total. The van der Waals surface area contributed by atoms with Gasteiger partial charge in [-0.2, -0.15) is 0 Å². The van der Waals surface area contributed by atoms with E-state index in [4.69, 9.17) is 18.8 Å². The van der Waals surface area contributed by atoms with Gasteiger partial charge in [0.2, 0.25) is 0 Å². The number of ether oxygens (including phenoxy) is 2. The van der Waals surface area contributed by atoms with Crippen molar-refractivity contribution >= 4 is 15.2 Å². The van der Waals surface area contributed by atoms with Gasteiger partial charge in [0, 0.05) is 12.3 Å². The normalized spacial score (nSPS) is 34.2. The first-order valence-electron chi connectivity index (χ1n) is 9.73. The first-order chi connectivity index (χ1) is 11.4. The Morgan fingerprint density at radius 3 is 2.00 bits per heavy atom. The van der Waals surface area contributed by atoms with Gasteiger partial charge in [0.1, 0.15) is 0 Å². The van der Waals surface area contributed by atoms with Gasteiger partial charge < -0.3 is 18.8 Å². The van der Waals surface area contributed by atoms with Crippen LogP contribution in [0.1, 0.15) is 47.5 Å². The first-order valence-corrected chi connectivity index (χ1v) is 13.3. The van der Waals surface area contributed by atoms with Crippen molar-refractivity contribution in [3.05, 3.63) is 11.2 Å². The van der Waals surface area contributed by atoms with Gasteiger partial charge in [-0.05, 0) is 45.5 Å². The summed E-state index contributed by atoms with van der Waals surface area (Å²) < 4.78 is 25.0. The van der Waals surface area contributed by atoms with Crippen LogP contribution in [0.15, 0.2) is 11.2 Å². The van der Waals surface area contributed by atoms with E-state index in [0.717, 1.165) is 12.8 Å². The van der Waals surface area contributed by atoms with Gasteiger partial charge in [0.05, 0.1) is 32.5 Å². The van der Waals surface area contributed by atoms with Gasteiger partial charge in [-0.1, -0.05) is 32.3 Å². The molecule has 0 unspecified atom stereocenters. The van der Waals surface area contributed by atoms with Crippen LogP contribution in [0.4, 0.5) is 0 Å². The topological polar surface area (TPSA) is 36.9 Å². The Labute approximate surface area is 154 Å². The third-order valence-corrected chi connectivity index (χ3v) is 7.63. The maximum Gasteiger partial charge on any atom is 0.490 e. The van der Waals surface area contributed by atoms with Gasteiger partial charge >= 0.3 is 7.12 Å². The molecule has 0 bridgehead atoms. The van der Waals surface area contributed by atoms with Crippen LogP contribution >= 0.6 is 0 Å². The number of allylic oxidation sites excluding steroid dienone is 1. The second-order valence-corrected chi connectivity index (χ2v) is 15.1. The summed E-state index contributed by atoms with van der Waals surface area (Å²) in [6.07, 6.45) is 2.03. The summed E-state index contributed by atoms with van der Waals surface area (Å²) in [6, 6.07) is 0. The van der Waals surface area contributed by atoms with E-state index >= 15 is 0 Å². The minimum absolute atomic E-state index is 0.263. The van der Waals surface area contributed by atoms with E-state index in [2.05, 4.69) is 60.0 Å². The Morgan fingerprint density at radius 2 is 1.52 bits per heavy atom. The molecule has 3 fully saturated rings. The molecule has 3 rings (SSSR count). The molecule has 1 spiro atoms. The van der Waals surface area contributed by atoms with E-state index in [1.165, 1.54) is 5.47 Å². The zero-order chi connectivity index (χ0) is 18.7. The maximum absolute atomic E-state index is 6.43. The molecule has 0 aromatic carbocycles. The zero-order valence-electron chi connectivity index (χ0n) is 17.3. The van der Waals surface area contributed by atoms with E-state index in [0.29, 0.717) is 25.0 Å². The lowest BCUT2D eigenvalue weighted by Crippen LogP contribution is -2.41. The standard InChI is InChI=1S/C19H35BO4Si/c1-14-15(9-10-19(14)21-11-12-22-19)16(13-25(6,7)8)20-23-17(2,3)18(4,5)24-20/h13-15H,9-12H2,1-8H3/b16-13-/t14-,15+/m0/s1. The predicted molar refractivity (Wildman–Crippen MR) is 104 cm³/mol. The number of hydrogen-bond acceptors (Lipinski definition) is 4. The van der Waals surface area contributed by atoms with E-state index in [9.17, 15) is 0 Å². The molecule has 2 heterocycles. The van der Waals surface area contributed by atoms with Crippen molar-refractivity contribution in [1.29, 1.82) is 0 Å². The Morgan fingerprint density at radius 1 is 1.00 bits per heavy atom. The molecule has 0 N–H and O–H groups in total. The quantitative estimate of drug-likeness (QED) is 0.701. The van der Waals surface area contributed by atoms with Crippen molar-refractivity contribution < 1.29 is 18.8 Å². The summed E-state index contributed by atoms with van der Waals surface area (Å²) in [5.41, 5.74) is 3.19. The molecule has 1 aliphatic carbocycles. The summed E-state index contributed by atoms with van der Waals surface area (Å²) in [4.78, 5) is 0. The average molecular weight is 366 g/mol. The summed E-state index contributed by atoms with van der Waals surface area (Å²) >= 11 is 0. The largest absolute Gasteiger partial charge is 0.490 e. The maximum atomic E-state index is 6.43. The lowest BCUT2D eigenvalue weighted by Gasteiger charge is -2.32. The highest BCUT2D eigenvalue weighted by molar-refractivity contribution is 6.82. The van der Waals surface area contributed by atoms with Crippen molar-refractivity contribution in [3.8, 4) is 0 Å². The third kappa shape index (κ3) is 3.53. The van der Waals surface area contributed by atoms with Crippen molar-refractivity contribution in [2.75, 3.05) is 13.2 Å². The fourth-order valence-corrected chi connectivity index (χ4v) is 5.65. The molecule has 0 aromatic rings. The van der Waals surface area contributed by atoms with Crippen molar-refractivity contribution in [2.24, 2.45) is 11.8 Å². The summed E-state index contributed by atoms with van der Waals surface area (Å²) in [5.74, 6) is 0.309. The molecule has 25 heavy (non-hydrogen) atoms. The minimum atomic E-state index is -1.43. The zero-order valence-corrected chi connectivity index (χ0v) is 18.3. The SMILES string of the molecule is C[C@H]1[C@H](/C(=C/[Si](C)(C)C)B2OC(C)(C)C(C)(C)O2)CCC12OCCO2. The van der Waals surface area contributed by atoms with Crippen LogP contribution in [0.3, 0.4) is 0 Å². The first kappa shape index (κ1) is 19.6. The average Bonchev–Trinajstić information content (AvgIpc) is 3.09. The lowest BCUT2D eigenvalue weighted by atomic mass is 9.68. The fraction of sp³-hybridized carbons (Fsp3) is 0.895. The van der Waals surface area contributed by atoms with Crippen LogP contribution < -0.4 is 0 Å². The minimum Gasteiger partial charge on any atom is -0.400 e. The Kier molecular flexibility index (Phi) is 4.86. The smallest absolute Gasteiger partial charge is 0.400 e. The van der Waals surface area contributed by atoms with Crippen LogP contribution in [0, 0.1) is 11.8 Å². The molecule has 0 aromatic heterocycles. The number of rotatable bonds is 3. The van der Waals surface area contributed by atoms with Crippen LogP contribution in [0.25, 0.3) is 0 Å². The van der Waals surface area contributed by atoms with E-state index < -0.39 is 13.9 Å². The van der Waals surface area contributed by atoms with E-state index in [1.807, 2.05) is 0 Å². The molecule has 0 radical (unpaired) electrons. The molecular formula is C19H35BO4Si.